The van der Waals surface area contributed by atoms with Crippen LogP contribution in [0.5, 0.6) is 0 Å². The van der Waals surface area contributed by atoms with Gasteiger partial charge >= 0.3 is 0 Å². The third-order valence-corrected chi connectivity index (χ3v) is 11.9. The van der Waals surface area contributed by atoms with E-state index in [4.69, 9.17) is 0 Å². The van der Waals surface area contributed by atoms with Crippen molar-refractivity contribution in [1.29, 1.82) is 0 Å². The standard InChI is InChI=1S/C50H36N2/c1-3-15-46-34(4-2)39-18-7-12-23-47(39)51(46)32-26-28-37-38-29-27-33(52-48-24-13-8-19-40(48)41-20-9-14-25-49(41)52)31-45(38)50(44(37)30-32)42-21-10-5-16-35(42)36-17-6-11-22-43(36)50/h3,5-31H,4H2,1-2H3/b15-3-. The van der Waals surface area contributed by atoms with Gasteiger partial charge in [0.15, 0.2) is 0 Å². The van der Waals surface area contributed by atoms with Crippen molar-refractivity contribution in [1.82, 2.24) is 9.13 Å². The van der Waals surface area contributed by atoms with E-state index < -0.39 is 5.41 Å². The monoisotopic (exact) mass is 664 g/mol. The summed E-state index contributed by atoms with van der Waals surface area (Å²) in [6.07, 6.45) is 5.43. The normalized spacial score (nSPS) is 13.7. The van der Waals surface area contributed by atoms with E-state index in [0.29, 0.717) is 0 Å². The predicted octanol–water partition coefficient (Wildman–Crippen LogP) is 12.7. The largest absolute Gasteiger partial charge is 0.310 e. The van der Waals surface area contributed by atoms with Crippen LogP contribution in [-0.4, -0.2) is 9.13 Å². The summed E-state index contributed by atoms with van der Waals surface area (Å²) in [5, 5.41) is 3.88. The smallest absolute Gasteiger partial charge is 0.0727 e. The molecule has 0 N–H and O–H groups in total. The second-order valence-electron chi connectivity index (χ2n) is 14.2. The zero-order valence-corrected chi connectivity index (χ0v) is 29.3. The van der Waals surface area contributed by atoms with Crippen LogP contribution in [0.3, 0.4) is 0 Å². The number of fused-ring (bicyclic) bond motifs is 14. The molecule has 2 heterocycles. The third kappa shape index (κ3) is 3.64. The van der Waals surface area contributed by atoms with Crippen LogP contribution in [0.2, 0.25) is 0 Å². The van der Waals surface area contributed by atoms with Gasteiger partial charge in [-0.2, -0.15) is 0 Å². The number of aryl methyl sites for hydroxylation is 1. The lowest BCUT2D eigenvalue weighted by Gasteiger charge is -2.31. The topological polar surface area (TPSA) is 9.86 Å². The molecule has 0 radical (unpaired) electrons. The lowest BCUT2D eigenvalue weighted by molar-refractivity contribution is 0.791. The van der Waals surface area contributed by atoms with Crippen LogP contribution in [-0.2, 0) is 11.8 Å². The summed E-state index contributed by atoms with van der Waals surface area (Å²) in [7, 11) is 0. The molecule has 2 heteroatoms. The number of benzene rings is 7. The molecule has 0 saturated heterocycles. The van der Waals surface area contributed by atoms with Crippen molar-refractivity contribution in [2.24, 2.45) is 0 Å². The summed E-state index contributed by atoms with van der Waals surface area (Å²) in [4.78, 5) is 0. The molecule has 0 bridgehead atoms. The average Bonchev–Trinajstić information content (AvgIpc) is 3.89. The van der Waals surface area contributed by atoms with Gasteiger partial charge in [-0.25, -0.2) is 0 Å². The third-order valence-electron chi connectivity index (χ3n) is 11.9. The lowest BCUT2D eigenvalue weighted by atomic mass is 9.70. The molecule has 0 amide bonds. The molecule has 0 unspecified atom stereocenters. The van der Waals surface area contributed by atoms with E-state index >= 15 is 0 Å². The predicted molar refractivity (Wildman–Crippen MR) is 218 cm³/mol. The summed E-state index contributed by atoms with van der Waals surface area (Å²) in [6.45, 7) is 4.39. The van der Waals surface area contributed by atoms with E-state index in [9.17, 15) is 0 Å². The second-order valence-corrected chi connectivity index (χ2v) is 14.2. The van der Waals surface area contributed by atoms with Crippen molar-refractivity contribution in [3.63, 3.8) is 0 Å². The lowest BCUT2D eigenvalue weighted by Crippen LogP contribution is -2.26. The molecule has 2 nitrogen and oxygen atoms in total. The Morgan fingerprint density at radius 3 is 1.44 bits per heavy atom. The van der Waals surface area contributed by atoms with Crippen LogP contribution in [0, 0.1) is 0 Å². The molecule has 0 fully saturated rings. The quantitative estimate of drug-likeness (QED) is 0.177. The maximum atomic E-state index is 2.51. The maximum Gasteiger partial charge on any atom is 0.0727 e. The highest BCUT2D eigenvalue weighted by molar-refractivity contribution is 6.09. The Morgan fingerprint density at radius 2 is 0.904 bits per heavy atom. The van der Waals surface area contributed by atoms with Crippen molar-refractivity contribution in [2.75, 3.05) is 0 Å². The van der Waals surface area contributed by atoms with E-state index in [0.717, 1.165) is 6.42 Å². The van der Waals surface area contributed by atoms with Crippen molar-refractivity contribution in [3.8, 4) is 33.6 Å². The highest BCUT2D eigenvalue weighted by Crippen LogP contribution is 2.63. The molecular weight excluding hydrogens is 629 g/mol. The first-order valence-electron chi connectivity index (χ1n) is 18.5. The molecule has 0 aliphatic heterocycles. The highest BCUT2D eigenvalue weighted by atomic mass is 15.0. The first kappa shape index (κ1) is 29.4. The molecule has 2 aliphatic carbocycles. The fourth-order valence-corrected chi connectivity index (χ4v) is 9.90. The zero-order chi connectivity index (χ0) is 34.6. The van der Waals surface area contributed by atoms with Crippen LogP contribution in [0.25, 0.3) is 72.4 Å². The van der Waals surface area contributed by atoms with Crippen molar-refractivity contribution >= 4 is 38.8 Å². The molecular formula is C50H36N2. The van der Waals surface area contributed by atoms with Crippen LogP contribution in [0.15, 0.2) is 164 Å². The van der Waals surface area contributed by atoms with Gasteiger partial charge < -0.3 is 9.13 Å². The molecule has 1 spiro atoms. The van der Waals surface area contributed by atoms with E-state index in [1.54, 1.807) is 0 Å². The van der Waals surface area contributed by atoms with E-state index in [-0.39, 0.29) is 0 Å². The maximum absolute atomic E-state index is 2.51. The first-order valence-corrected chi connectivity index (χ1v) is 18.5. The minimum absolute atomic E-state index is 0.472. The van der Waals surface area contributed by atoms with Crippen molar-refractivity contribution < 1.29 is 0 Å². The van der Waals surface area contributed by atoms with Gasteiger partial charge in [0.2, 0.25) is 0 Å². The molecule has 52 heavy (non-hydrogen) atoms. The summed E-state index contributed by atoms with van der Waals surface area (Å²) >= 11 is 0. The molecule has 0 saturated carbocycles. The number of rotatable bonds is 4. The average molecular weight is 665 g/mol. The number of para-hydroxylation sites is 3. The van der Waals surface area contributed by atoms with Gasteiger partial charge in [-0.1, -0.05) is 128 Å². The Kier molecular flexibility index (Phi) is 6.10. The van der Waals surface area contributed by atoms with Gasteiger partial charge in [-0.05, 0) is 112 Å². The second kappa shape index (κ2) is 10.8. The number of hydrogen-bond acceptors (Lipinski definition) is 0. The van der Waals surface area contributed by atoms with Crippen LogP contribution >= 0.6 is 0 Å². The first-order chi connectivity index (χ1) is 25.7. The Hall–Kier alpha value is -6.38. The highest BCUT2D eigenvalue weighted by Gasteiger charge is 2.52. The van der Waals surface area contributed by atoms with Gasteiger partial charge in [0.1, 0.15) is 0 Å². The van der Waals surface area contributed by atoms with Gasteiger partial charge in [0.25, 0.3) is 0 Å². The molecule has 2 aliphatic rings. The number of hydrogen-bond donors (Lipinski definition) is 0. The number of allylic oxidation sites excluding steroid dienone is 1. The molecule has 0 atom stereocenters. The molecule has 9 aromatic rings. The summed E-state index contributed by atoms with van der Waals surface area (Å²) in [5.74, 6) is 0. The molecule has 7 aromatic carbocycles. The Balaban J connectivity index is 1.25. The minimum Gasteiger partial charge on any atom is -0.310 e. The SMILES string of the molecule is C/C=C\c1c(CC)c2ccccc2n1-c1ccc2c(c1)C1(c3ccccc3-c3ccccc31)c1cc(-n3c4ccccc4c4ccccc43)ccc1-2. The van der Waals surface area contributed by atoms with Crippen LogP contribution < -0.4 is 0 Å². The van der Waals surface area contributed by atoms with Crippen molar-refractivity contribution in [3.05, 3.63) is 197 Å². The van der Waals surface area contributed by atoms with Gasteiger partial charge in [-0.15, -0.1) is 0 Å². The summed E-state index contributed by atoms with van der Waals surface area (Å²) < 4.78 is 4.95. The van der Waals surface area contributed by atoms with E-state index in [1.165, 1.54) is 99.8 Å². The molecule has 246 valence electrons. The number of nitrogens with zero attached hydrogens (tertiary/aromatic N) is 2. The van der Waals surface area contributed by atoms with Gasteiger partial charge in [0.05, 0.1) is 22.0 Å². The van der Waals surface area contributed by atoms with Crippen LogP contribution in [0.4, 0.5) is 0 Å². The number of aromatic nitrogens is 2. The van der Waals surface area contributed by atoms with Crippen molar-refractivity contribution in [2.45, 2.75) is 25.7 Å². The molecule has 2 aromatic heterocycles. The Labute approximate surface area is 303 Å². The summed E-state index contributed by atoms with van der Waals surface area (Å²) in [5.41, 5.74) is 18.9. The molecule has 11 rings (SSSR count). The van der Waals surface area contributed by atoms with E-state index in [1.807, 2.05) is 0 Å². The Bertz CT molecular complexity index is 2870. The van der Waals surface area contributed by atoms with Crippen LogP contribution in [0.1, 0.15) is 47.4 Å². The van der Waals surface area contributed by atoms with Gasteiger partial charge in [0, 0.05) is 33.2 Å². The van der Waals surface area contributed by atoms with Gasteiger partial charge in [-0.3, -0.25) is 0 Å². The fourth-order valence-electron chi connectivity index (χ4n) is 9.90. The zero-order valence-electron chi connectivity index (χ0n) is 29.3. The summed E-state index contributed by atoms with van der Waals surface area (Å²) in [6, 6.07) is 59.2. The Morgan fingerprint density at radius 1 is 0.462 bits per heavy atom. The minimum atomic E-state index is -0.472. The van der Waals surface area contributed by atoms with E-state index in [2.05, 4.69) is 193 Å². The fraction of sp³-hybridized carbons (Fsp3) is 0.0800.